The third-order valence-electron chi connectivity index (χ3n) is 6.58. The Labute approximate surface area is 240 Å². The molecule has 0 aromatic heterocycles. The number of rotatable bonds is 13. The summed E-state index contributed by atoms with van der Waals surface area (Å²) in [6.07, 6.45) is 1.68. The van der Waals surface area contributed by atoms with Gasteiger partial charge in [-0.05, 0) is 62.1 Å². The molecule has 0 spiro atoms. The van der Waals surface area contributed by atoms with Gasteiger partial charge in [-0.3, -0.25) is 13.9 Å². The van der Waals surface area contributed by atoms with Gasteiger partial charge in [0.1, 0.15) is 12.6 Å². The molecule has 0 aliphatic heterocycles. The van der Waals surface area contributed by atoms with Gasteiger partial charge in [0.2, 0.25) is 11.8 Å². The molecule has 2 atom stereocenters. The highest BCUT2D eigenvalue weighted by Gasteiger charge is 2.33. The van der Waals surface area contributed by atoms with Crippen LogP contribution >= 0.6 is 15.9 Å². The first-order valence-corrected chi connectivity index (χ1v) is 15.4. The van der Waals surface area contributed by atoms with Crippen molar-refractivity contribution >= 4 is 43.5 Å². The Morgan fingerprint density at radius 2 is 1.54 bits per heavy atom. The molecule has 208 valence electrons. The third-order valence-corrected chi connectivity index (χ3v) is 8.86. The molecule has 3 rings (SSSR count). The average molecular weight is 615 g/mol. The Bertz CT molecular complexity index is 1340. The maximum atomic E-state index is 14.0. The first kappa shape index (κ1) is 30.4. The van der Waals surface area contributed by atoms with Crippen LogP contribution < -0.4 is 9.62 Å². The molecule has 0 heterocycles. The van der Waals surface area contributed by atoms with Gasteiger partial charge in [-0.2, -0.15) is 0 Å². The van der Waals surface area contributed by atoms with E-state index in [4.69, 9.17) is 0 Å². The number of amides is 2. The number of carbonyl (C=O) groups is 2. The van der Waals surface area contributed by atoms with Crippen molar-refractivity contribution in [3.8, 4) is 0 Å². The summed E-state index contributed by atoms with van der Waals surface area (Å²) in [6, 6.07) is 23.8. The lowest BCUT2D eigenvalue weighted by Gasteiger charge is -2.33. The van der Waals surface area contributed by atoms with E-state index in [0.29, 0.717) is 23.0 Å². The maximum absolute atomic E-state index is 14.0. The fraction of sp³-hybridized carbons (Fsp3) is 0.333. The maximum Gasteiger partial charge on any atom is 0.264 e. The van der Waals surface area contributed by atoms with E-state index in [1.807, 2.05) is 51.1 Å². The minimum atomic E-state index is -4.08. The zero-order valence-electron chi connectivity index (χ0n) is 22.6. The molecule has 0 radical (unpaired) electrons. The van der Waals surface area contributed by atoms with Crippen molar-refractivity contribution in [2.75, 3.05) is 17.4 Å². The number of sulfonamides is 1. The highest BCUT2D eigenvalue weighted by Crippen LogP contribution is 2.27. The number of anilines is 1. The number of benzene rings is 3. The van der Waals surface area contributed by atoms with Gasteiger partial charge in [0.25, 0.3) is 10.0 Å². The van der Waals surface area contributed by atoms with Gasteiger partial charge in [-0.15, -0.1) is 0 Å². The second kappa shape index (κ2) is 14.3. The van der Waals surface area contributed by atoms with Crippen molar-refractivity contribution in [3.05, 3.63) is 95.0 Å². The normalized spacial score (nSPS) is 12.8. The van der Waals surface area contributed by atoms with E-state index in [2.05, 4.69) is 21.2 Å². The van der Waals surface area contributed by atoms with Gasteiger partial charge in [0.05, 0.1) is 10.6 Å². The van der Waals surface area contributed by atoms with Crippen LogP contribution in [0.25, 0.3) is 0 Å². The van der Waals surface area contributed by atoms with Crippen molar-refractivity contribution in [3.63, 3.8) is 0 Å². The first-order valence-electron chi connectivity index (χ1n) is 13.1. The molecule has 0 aliphatic carbocycles. The fourth-order valence-corrected chi connectivity index (χ4v) is 6.03. The zero-order chi connectivity index (χ0) is 28.4. The highest BCUT2D eigenvalue weighted by molar-refractivity contribution is 9.10. The van der Waals surface area contributed by atoms with Gasteiger partial charge in [-0.25, -0.2) is 8.42 Å². The summed E-state index contributed by atoms with van der Waals surface area (Å²) in [5, 5.41) is 2.99. The van der Waals surface area contributed by atoms with E-state index in [1.165, 1.54) is 17.0 Å². The lowest BCUT2D eigenvalue weighted by Crippen LogP contribution is -2.54. The second-order valence-electron chi connectivity index (χ2n) is 9.37. The van der Waals surface area contributed by atoms with E-state index < -0.39 is 28.5 Å². The molecule has 0 aliphatic rings. The van der Waals surface area contributed by atoms with Crippen LogP contribution in [0.15, 0.2) is 94.3 Å². The van der Waals surface area contributed by atoms with E-state index in [0.717, 1.165) is 16.3 Å². The van der Waals surface area contributed by atoms with Gasteiger partial charge in [0, 0.05) is 17.1 Å². The number of carbonyl (C=O) groups excluding carboxylic acids is 2. The van der Waals surface area contributed by atoms with Crippen LogP contribution in [-0.2, 0) is 26.0 Å². The standard InChI is InChI=1S/C30H36BrN3O4S/c1-4-23(3)32-30(36)28(5-2)33(20-19-24-13-8-6-9-14-24)29(35)22-34(26-16-12-15-25(31)21-26)39(37,38)27-17-10-7-11-18-27/h6-18,21,23,28H,4-5,19-20,22H2,1-3H3,(H,32,36)/t23-,28-/m1/s1. The Morgan fingerprint density at radius 3 is 2.13 bits per heavy atom. The smallest absolute Gasteiger partial charge is 0.264 e. The Kier molecular flexibility index (Phi) is 11.1. The summed E-state index contributed by atoms with van der Waals surface area (Å²) < 4.78 is 29.4. The molecule has 0 saturated carbocycles. The molecule has 0 bridgehead atoms. The van der Waals surface area contributed by atoms with Gasteiger partial charge < -0.3 is 10.2 Å². The molecule has 3 aromatic carbocycles. The molecule has 39 heavy (non-hydrogen) atoms. The van der Waals surface area contributed by atoms with Crippen LogP contribution in [0.3, 0.4) is 0 Å². The lowest BCUT2D eigenvalue weighted by molar-refractivity contribution is -0.139. The molecular formula is C30H36BrN3O4S. The van der Waals surface area contributed by atoms with E-state index in [-0.39, 0.29) is 23.4 Å². The third kappa shape index (κ3) is 8.16. The van der Waals surface area contributed by atoms with Crippen LogP contribution in [-0.4, -0.2) is 50.3 Å². The number of halogens is 1. The zero-order valence-corrected chi connectivity index (χ0v) is 25.0. The summed E-state index contributed by atoms with van der Waals surface area (Å²) in [5.74, 6) is -0.690. The number of hydrogen-bond acceptors (Lipinski definition) is 4. The largest absolute Gasteiger partial charge is 0.352 e. The second-order valence-corrected chi connectivity index (χ2v) is 12.1. The molecule has 2 amide bonds. The van der Waals surface area contributed by atoms with E-state index in [1.54, 1.807) is 42.5 Å². The predicted octanol–water partition coefficient (Wildman–Crippen LogP) is 5.41. The molecule has 7 nitrogen and oxygen atoms in total. The van der Waals surface area contributed by atoms with Gasteiger partial charge in [0.15, 0.2) is 0 Å². The minimum absolute atomic E-state index is 0.0470. The first-order chi connectivity index (χ1) is 18.7. The molecular weight excluding hydrogens is 578 g/mol. The summed E-state index contributed by atoms with van der Waals surface area (Å²) in [4.78, 5) is 28.9. The lowest BCUT2D eigenvalue weighted by atomic mass is 10.1. The number of hydrogen-bond donors (Lipinski definition) is 1. The number of nitrogens with one attached hydrogen (secondary N) is 1. The summed E-state index contributed by atoms with van der Waals surface area (Å²) in [6.45, 7) is 5.58. The number of nitrogens with zero attached hydrogens (tertiary/aromatic N) is 2. The Balaban J connectivity index is 1.99. The fourth-order valence-electron chi connectivity index (χ4n) is 4.22. The summed E-state index contributed by atoms with van der Waals surface area (Å²) >= 11 is 3.41. The molecule has 0 fully saturated rings. The van der Waals surface area contributed by atoms with Gasteiger partial charge in [-0.1, -0.05) is 84.4 Å². The van der Waals surface area contributed by atoms with Crippen LogP contribution in [0.2, 0.25) is 0 Å². The van der Waals surface area contributed by atoms with E-state index >= 15 is 0 Å². The molecule has 1 N–H and O–H groups in total. The Morgan fingerprint density at radius 1 is 0.897 bits per heavy atom. The van der Waals surface area contributed by atoms with Crippen molar-refractivity contribution < 1.29 is 18.0 Å². The SMILES string of the molecule is CC[C@@H](C)NC(=O)[C@@H](CC)N(CCc1ccccc1)C(=O)CN(c1cccc(Br)c1)S(=O)(=O)c1ccccc1. The molecule has 0 unspecified atom stereocenters. The van der Waals surface area contributed by atoms with Crippen molar-refractivity contribution in [1.82, 2.24) is 10.2 Å². The summed E-state index contributed by atoms with van der Waals surface area (Å²) in [5.41, 5.74) is 1.37. The van der Waals surface area contributed by atoms with Crippen molar-refractivity contribution in [1.29, 1.82) is 0 Å². The molecule has 0 saturated heterocycles. The Hall–Kier alpha value is -3.17. The van der Waals surface area contributed by atoms with Crippen molar-refractivity contribution in [2.24, 2.45) is 0 Å². The van der Waals surface area contributed by atoms with Crippen LogP contribution in [0.1, 0.15) is 39.2 Å². The summed E-state index contributed by atoms with van der Waals surface area (Å²) in [7, 11) is -4.08. The molecule has 9 heteroatoms. The van der Waals surface area contributed by atoms with Gasteiger partial charge >= 0.3 is 0 Å². The minimum Gasteiger partial charge on any atom is -0.352 e. The molecule has 3 aromatic rings. The highest BCUT2D eigenvalue weighted by atomic mass is 79.9. The van der Waals surface area contributed by atoms with Crippen LogP contribution in [0, 0.1) is 0 Å². The van der Waals surface area contributed by atoms with Crippen molar-refractivity contribution in [2.45, 2.75) is 57.0 Å². The topological polar surface area (TPSA) is 86.8 Å². The average Bonchev–Trinajstić information content (AvgIpc) is 2.94. The predicted molar refractivity (Wildman–Crippen MR) is 159 cm³/mol. The monoisotopic (exact) mass is 613 g/mol. The van der Waals surface area contributed by atoms with E-state index in [9.17, 15) is 18.0 Å². The quantitative estimate of drug-likeness (QED) is 0.279. The van der Waals surface area contributed by atoms with Crippen LogP contribution in [0.5, 0.6) is 0 Å². The van der Waals surface area contributed by atoms with Crippen LogP contribution in [0.4, 0.5) is 5.69 Å².